The number of aromatic carboxylic acids is 1. The third kappa shape index (κ3) is 2.22. The zero-order valence-corrected chi connectivity index (χ0v) is 7.11. The molecule has 0 amide bonds. The molecule has 0 saturated carbocycles. The van der Waals surface area contributed by atoms with Crippen LogP contribution in [0.2, 0.25) is 0 Å². The van der Waals surface area contributed by atoms with E-state index in [2.05, 4.69) is 5.32 Å². The summed E-state index contributed by atoms with van der Waals surface area (Å²) in [5, 5.41) is 20.2. The molecule has 67 valence electrons. The maximum atomic E-state index is 10.6. The van der Waals surface area contributed by atoms with Gasteiger partial charge in [0.15, 0.2) is 0 Å². The van der Waals surface area contributed by atoms with Gasteiger partial charge >= 0.3 is 13.5 Å². The molecule has 0 aliphatic carbocycles. The molecule has 5 heteroatoms. The standard InChI is InChI=1S/C8H9BNO3/c1-10-7-3-5(8(11)12)2-6(4-7)9-13/h2-4,10,13H,1H3,(H,11,12). The maximum absolute atomic E-state index is 10.6. The van der Waals surface area contributed by atoms with Gasteiger partial charge in [-0.2, -0.15) is 0 Å². The molecule has 1 radical (unpaired) electrons. The van der Waals surface area contributed by atoms with Gasteiger partial charge in [0.05, 0.1) is 5.56 Å². The molecule has 1 aromatic carbocycles. The van der Waals surface area contributed by atoms with Gasteiger partial charge in [0.2, 0.25) is 0 Å². The monoisotopic (exact) mass is 178 g/mol. The summed E-state index contributed by atoms with van der Waals surface area (Å²) in [4.78, 5) is 10.6. The Kier molecular flexibility index (Phi) is 2.92. The van der Waals surface area contributed by atoms with Gasteiger partial charge in [0.25, 0.3) is 0 Å². The fourth-order valence-electron chi connectivity index (χ4n) is 0.994. The Labute approximate surface area is 76.5 Å². The zero-order chi connectivity index (χ0) is 9.84. The summed E-state index contributed by atoms with van der Waals surface area (Å²) in [5.74, 6) is -1.01. The molecule has 0 aliphatic rings. The lowest BCUT2D eigenvalue weighted by atomic mass is 9.87. The first-order valence-corrected chi connectivity index (χ1v) is 3.71. The predicted molar refractivity (Wildman–Crippen MR) is 50.6 cm³/mol. The Hall–Kier alpha value is -1.49. The first-order valence-electron chi connectivity index (χ1n) is 3.71. The minimum absolute atomic E-state index is 0.146. The van der Waals surface area contributed by atoms with Crippen LogP contribution in [0.5, 0.6) is 0 Å². The smallest absolute Gasteiger partial charge is 0.335 e. The summed E-state index contributed by atoms with van der Waals surface area (Å²) in [5.41, 5.74) is 1.26. The van der Waals surface area contributed by atoms with Crippen molar-refractivity contribution in [2.45, 2.75) is 0 Å². The summed E-state index contributed by atoms with van der Waals surface area (Å²) in [7, 11) is 2.55. The Morgan fingerprint density at radius 3 is 2.62 bits per heavy atom. The number of anilines is 1. The number of hydrogen-bond donors (Lipinski definition) is 3. The van der Waals surface area contributed by atoms with Gasteiger partial charge in [0.1, 0.15) is 0 Å². The molecule has 0 unspecified atom stereocenters. The number of rotatable bonds is 3. The number of hydrogen-bond acceptors (Lipinski definition) is 3. The van der Waals surface area contributed by atoms with Crippen LogP contribution >= 0.6 is 0 Å². The van der Waals surface area contributed by atoms with E-state index in [0.717, 1.165) is 7.48 Å². The molecule has 0 heterocycles. The number of benzene rings is 1. The van der Waals surface area contributed by atoms with Crippen molar-refractivity contribution in [3.63, 3.8) is 0 Å². The third-order valence-electron chi connectivity index (χ3n) is 1.64. The van der Waals surface area contributed by atoms with Crippen LogP contribution in [0.15, 0.2) is 18.2 Å². The van der Waals surface area contributed by atoms with Gasteiger partial charge in [-0.1, -0.05) is 11.5 Å². The summed E-state index contributed by atoms with van der Waals surface area (Å²) in [6.07, 6.45) is 0. The Bertz CT molecular complexity index is 305. The van der Waals surface area contributed by atoms with Gasteiger partial charge in [-0.3, -0.25) is 0 Å². The topological polar surface area (TPSA) is 69.6 Å². The highest BCUT2D eigenvalue weighted by molar-refractivity contribution is 6.45. The highest BCUT2D eigenvalue weighted by atomic mass is 16.4. The van der Waals surface area contributed by atoms with Crippen LogP contribution in [0.3, 0.4) is 0 Å². The highest BCUT2D eigenvalue weighted by Gasteiger charge is 2.06. The van der Waals surface area contributed by atoms with Crippen LogP contribution in [0.1, 0.15) is 10.4 Å². The number of carboxylic acids is 1. The van der Waals surface area contributed by atoms with E-state index < -0.39 is 5.97 Å². The normalized spacial score (nSPS) is 9.38. The van der Waals surface area contributed by atoms with Crippen molar-refractivity contribution in [3.8, 4) is 0 Å². The highest BCUT2D eigenvalue weighted by Crippen LogP contribution is 2.07. The summed E-state index contributed by atoms with van der Waals surface area (Å²) in [6, 6.07) is 4.53. The van der Waals surface area contributed by atoms with E-state index in [1.807, 2.05) is 0 Å². The minimum Gasteiger partial charge on any atom is -0.478 e. The molecule has 0 aromatic heterocycles. The average molecular weight is 178 g/mol. The second-order valence-corrected chi connectivity index (χ2v) is 2.53. The minimum atomic E-state index is -1.01. The van der Waals surface area contributed by atoms with Crippen molar-refractivity contribution in [2.24, 2.45) is 0 Å². The van der Waals surface area contributed by atoms with Crippen LogP contribution in [-0.2, 0) is 0 Å². The van der Waals surface area contributed by atoms with Crippen LogP contribution in [0, 0.1) is 0 Å². The average Bonchev–Trinajstić information content (AvgIpc) is 2.16. The quantitative estimate of drug-likeness (QED) is 0.554. The lowest BCUT2D eigenvalue weighted by molar-refractivity contribution is 0.0697. The Morgan fingerprint density at radius 2 is 2.15 bits per heavy atom. The van der Waals surface area contributed by atoms with Crippen LogP contribution in [0.4, 0.5) is 5.69 Å². The molecule has 0 atom stereocenters. The summed E-state index contributed by atoms with van der Waals surface area (Å²) >= 11 is 0. The lowest BCUT2D eigenvalue weighted by Crippen LogP contribution is -2.16. The fourth-order valence-corrected chi connectivity index (χ4v) is 0.994. The first kappa shape index (κ1) is 9.60. The molecule has 3 N–H and O–H groups in total. The van der Waals surface area contributed by atoms with Crippen molar-refractivity contribution < 1.29 is 14.9 Å². The lowest BCUT2D eigenvalue weighted by Gasteiger charge is -2.04. The van der Waals surface area contributed by atoms with Gasteiger partial charge in [-0.25, -0.2) is 4.79 Å². The predicted octanol–water partition coefficient (Wildman–Crippen LogP) is -0.337. The molecule has 0 saturated heterocycles. The number of carboxylic acid groups (broad SMARTS) is 1. The molecular formula is C8H9BNO3. The van der Waals surface area contributed by atoms with E-state index in [1.165, 1.54) is 12.1 Å². The summed E-state index contributed by atoms with van der Waals surface area (Å²) in [6.45, 7) is 0. The van der Waals surface area contributed by atoms with Gasteiger partial charge in [-0.15, -0.1) is 0 Å². The van der Waals surface area contributed by atoms with Crippen LogP contribution in [0.25, 0.3) is 0 Å². The molecule has 0 spiro atoms. The second kappa shape index (κ2) is 3.95. The SMILES string of the molecule is CNc1cc([B]O)cc(C(=O)O)c1. The fraction of sp³-hybridized carbons (Fsp3) is 0.125. The summed E-state index contributed by atoms with van der Waals surface area (Å²) < 4.78 is 0. The first-order chi connectivity index (χ1) is 6.17. The molecule has 0 bridgehead atoms. The molecule has 0 fully saturated rings. The van der Waals surface area contributed by atoms with E-state index in [-0.39, 0.29) is 5.56 Å². The Morgan fingerprint density at radius 1 is 1.46 bits per heavy atom. The van der Waals surface area contributed by atoms with Crippen molar-refractivity contribution in [1.82, 2.24) is 0 Å². The number of carbonyl (C=O) groups is 1. The molecule has 0 aliphatic heterocycles. The van der Waals surface area contributed by atoms with E-state index >= 15 is 0 Å². The van der Waals surface area contributed by atoms with Gasteiger partial charge in [-0.05, 0) is 12.1 Å². The molecule has 1 rings (SSSR count). The van der Waals surface area contributed by atoms with E-state index in [9.17, 15) is 4.79 Å². The largest absolute Gasteiger partial charge is 0.478 e. The molecule has 1 aromatic rings. The van der Waals surface area contributed by atoms with Crippen molar-refractivity contribution in [2.75, 3.05) is 12.4 Å². The second-order valence-electron chi connectivity index (χ2n) is 2.53. The van der Waals surface area contributed by atoms with Crippen molar-refractivity contribution in [1.29, 1.82) is 0 Å². The van der Waals surface area contributed by atoms with Crippen molar-refractivity contribution in [3.05, 3.63) is 23.8 Å². The van der Waals surface area contributed by atoms with E-state index in [0.29, 0.717) is 11.2 Å². The van der Waals surface area contributed by atoms with Crippen LogP contribution < -0.4 is 10.8 Å². The van der Waals surface area contributed by atoms with Crippen molar-refractivity contribution >= 4 is 24.6 Å². The van der Waals surface area contributed by atoms with Gasteiger partial charge < -0.3 is 15.4 Å². The molecule has 4 nitrogen and oxygen atoms in total. The zero-order valence-electron chi connectivity index (χ0n) is 7.11. The maximum Gasteiger partial charge on any atom is 0.335 e. The van der Waals surface area contributed by atoms with E-state index in [1.54, 1.807) is 13.1 Å². The third-order valence-corrected chi connectivity index (χ3v) is 1.64. The molecular weight excluding hydrogens is 169 g/mol. The van der Waals surface area contributed by atoms with Gasteiger partial charge in [0, 0.05) is 12.7 Å². The Balaban J connectivity index is 3.14. The van der Waals surface area contributed by atoms with Crippen LogP contribution in [-0.4, -0.2) is 30.6 Å². The molecule has 13 heavy (non-hydrogen) atoms. The van der Waals surface area contributed by atoms with E-state index in [4.69, 9.17) is 10.1 Å². The number of nitrogens with one attached hydrogen (secondary N) is 1.